The second kappa shape index (κ2) is 8.74. The molecule has 3 N–H and O–H groups in total. The van der Waals surface area contributed by atoms with Gasteiger partial charge in [0, 0.05) is 41.4 Å². The zero-order valence-electron chi connectivity index (χ0n) is 16.8. The van der Waals surface area contributed by atoms with Gasteiger partial charge in [0.1, 0.15) is 0 Å². The van der Waals surface area contributed by atoms with Crippen LogP contribution in [0.5, 0.6) is 0 Å². The highest BCUT2D eigenvalue weighted by Crippen LogP contribution is 2.38. The molecule has 0 unspecified atom stereocenters. The lowest BCUT2D eigenvalue weighted by molar-refractivity contribution is -0.137. The molecule has 32 heavy (non-hydrogen) atoms. The molecule has 4 rings (SSSR count). The number of hydrogen-bond donors (Lipinski definition) is 3. The molecule has 1 aromatic heterocycles. The molecule has 1 fully saturated rings. The van der Waals surface area contributed by atoms with Crippen LogP contribution in [0.3, 0.4) is 0 Å². The number of urea groups is 1. The van der Waals surface area contributed by atoms with Gasteiger partial charge in [0.25, 0.3) is 0 Å². The summed E-state index contributed by atoms with van der Waals surface area (Å²) in [6.07, 6.45) is 2.25. The van der Waals surface area contributed by atoms with Gasteiger partial charge in [-0.2, -0.15) is 13.2 Å². The summed E-state index contributed by atoms with van der Waals surface area (Å²) in [4.78, 5) is 28.7. The molecule has 1 aliphatic carbocycles. The summed E-state index contributed by atoms with van der Waals surface area (Å²) in [5, 5.41) is 7.76. The molecule has 10 heteroatoms. The highest BCUT2D eigenvalue weighted by Gasteiger charge is 2.35. The Kier molecular flexibility index (Phi) is 5.85. The summed E-state index contributed by atoms with van der Waals surface area (Å²) in [5.41, 5.74) is 0.0561. The van der Waals surface area contributed by atoms with E-state index in [-0.39, 0.29) is 23.6 Å². The van der Waals surface area contributed by atoms with Gasteiger partial charge in [0.05, 0.1) is 11.9 Å². The number of nitrogens with one attached hydrogen (secondary N) is 3. The Morgan fingerprint density at radius 1 is 0.938 bits per heavy atom. The van der Waals surface area contributed by atoms with Crippen LogP contribution in [0.25, 0.3) is 0 Å². The minimum atomic E-state index is -4.50. The minimum absolute atomic E-state index is 0.0132. The monoisotopic (exact) mass is 443 g/mol. The van der Waals surface area contributed by atoms with E-state index in [1.807, 2.05) is 10.8 Å². The van der Waals surface area contributed by atoms with Gasteiger partial charge in [-0.05, 0) is 49.2 Å². The molecule has 0 aliphatic heterocycles. The SMILES string of the molecule is O=C(Nc1cccc(NC(=O)C2CC(n3ccnc3)C2)c1)Nc1cccc(C(F)(F)F)c1. The van der Waals surface area contributed by atoms with E-state index in [1.165, 1.54) is 12.1 Å². The average Bonchev–Trinajstić information content (AvgIpc) is 3.21. The van der Waals surface area contributed by atoms with Crippen molar-refractivity contribution in [3.05, 3.63) is 72.8 Å². The van der Waals surface area contributed by atoms with Crippen LogP contribution in [0.4, 0.5) is 35.0 Å². The number of halogens is 3. The molecule has 0 atom stereocenters. The molecule has 3 amide bonds. The van der Waals surface area contributed by atoms with Crippen molar-refractivity contribution in [1.29, 1.82) is 0 Å². The smallest absolute Gasteiger partial charge is 0.334 e. The topological polar surface area (TPSA) is 88.1 Å². The maximum Gasteiger partial charge on any atom is 0.416 e. The third-order valence-electron chi connectivity index (χ3n) is 5.27. The summed E-state index contributed by atoms with van der Waals surface area (Å²) in [5.74, 6) is -0.213. The first-order chi connectivity index (χ1) is 15.3. The molecule has 0 bridgehead atoms. The molecule has 3 aromatic rings. The van der Waals surface area contributed by atoms with Crippen molar-refractivity contribution in [2.75, 3.05) is 16.0 Å². The Morgan fingerprint density at radius 2 is 1.56 bits per heavy atom. The maximum absolute atomic E-state index is 12.8. The van der Waals surface area contributed by atoms with Gasteiger partial charge in [-0.1, -0.05) is 12.1 Å². The van der Waals surface area contributed by atoms with E-state index in [0.717, 1.165) is 25.0 Å². The molecule has 2 aromatic carbocycles. The van der Waals surface area contributed by atoms with E-state index >= 15 is 0 Å². The fraction of sp³-hybridized carbons (Fsp3) is 0.227. The molecule has 166 valence electrons. The third-order valence-corrected chi connectivity index (χ3v) is 5.27. The molecular weight excluding hydrogens is 423 g/mol. The van der Waals surface area contributed by atoms with Crippen molar-refractivity contribution in [2.24, 2.45) is 5.92 Å². The molecule has 1 aliphatic rings. The molecule has 0 radical (unpaired) electrons. The molecule has 0 saturated heterocycles. The second-order valence-corrected chi connectivity index (χ2v) is 7.56. The number of aromatic nitrogens is 2. The third kappa shape index (κ3) is 5.08. The number of imidazole rings is 1. The van der Waals surface area contributed by atoms with E-state index in [2.05, 4.69) is 20.9 Å². The summed E-state index contributed by atoms with van der Waals surface area (Å²) < 4.78 is 40.4. The summed E-state index contributed by atoms with van der Waals surface area (Å²) in [6.45, 7) is 0. The summed E-state index contributed by atoms with van der Waals surface area (Å²) in [6, 6.07) is 10.5. The molecule has 1 heterocycles. The minimum Gasteiger partial charge on any atom is -0.334 e. The first-order valence-corrected chi connectivity index (χ1v) is 9.91. The largest absolute Gasteiger partial charge is 0.416 e. The van der Waals surface area contributed by atoms with Crippen molar-refractivity contribution < 1.29 is 22.8 Å². The van der Waals surface area contributed by atoms with Crippen LogP contribution in [-0.4, -0.2) is 21.5 Å². The number of nitrogens with zero attached hydrogens (tertiary/aromatic N) is 2. The van der Waals surface area contributed by atoms with E-state index in [1.54, 1.807) is 36.8 Å². The molecule has 1 saturated carbocycles. The molecule has 0 spiro atoms. The Morgan fingerprint density at radius 3 is 2.19 bits per heavy atom. The molecular formula is C22H20F3N5O2. The van der Waals surface area contributed by atoms with Crippen molar-refractivity contribution in [1.82, 2.24) is 9.55 Å². The highest BCUT2D eigenvalue weighted by atomic mass is 19.4. The van der Waals surface area contributed by atoms with Gasteiger partial charge >= 0.3 is 12.2 Å². The van der Waals surface area contributed by atoms with Crippen LogP contribution in [0.2, 0.25) is 0 Å². The first kappa shape index (κ1) is 21.4. The normalized spacial score (nSPS) is 17.8. The van der Waals surface area contributed by atoms with Crippen LogP contribution in [0.15, 0.2) is 67.3 Å². The zero-order valence-corrected chi connectivity index (χ0v) is 16.8. The number of rotatable bonds is 5. The number of anilines is 3. The summed E-state index contributed by atoms with van der Waals surface area (Å²) >= 11 is 0. The number of carbonyl (C=O) groups is 2. The Bertz CT molecular complexity index is 1110. The van der Waals surface area contributed by atoms with E-state index in [4.69, 9.17) is 0 Å². The quantitative estimate of drug-likeness (QED) is 0.511. The van der Waals surface area contributed by atoms with Gasteiger partial charge in [-0.3, -0.25) is 4.79 Å². The Labute approximate surface area is 181 Å². The van der Waals surface area contributed by atoms with Gasteiger partial charge in [-0.15, -0.1) is 0 Å². The van der Waals surface area contributed by atoms with Crippen molar-refractivity contribution >= 4 is 29.0 Å². The lowest BCUT2D eigenvalue weighted by Crippen LogP contribution is -2.35. The van der Waals surface area contributed by atoms with Crippen molar-refractivity contribution in [3.63, 3.8) is 0 Å². The van der Waals surface area contributed by atoms with Gasteiger partial charge in [-0.25, -0.2) is 9.78 Å². The van der Waals surface area contributed by atoms with Crippen molar-refractivity contribution in [2.45, 2.75) is 25.1 Å². The maximum atomic E-state index is 12.8. The number of benzene rings is 2. The van der Waals surface area contributed by atoms with Gasteiger partial charge in [0.2, 0.25) is 5.91 Å². The second-order valence-electron chi connectivity index (χ2n) is 7.56. The number of carbonyl (C=O) groups excluding carboxylic acids is 2. The number of alkyl halides is 3. The lowest BCUT2D eigenvalue weighted by Gasteiger charge is -2.34. The summed E-state index contributed by atoms with van der Waals surface area (Å²) in [7, 11) is 0. The number of amides is 3. The molecule has 7 nitrogen and oxygen atoms in total. The van der Waals surface area contributed by atoms with Gasteiger partial charge in [0.15, 0.2) is 0 Å². The fourth-order valence-electron chi connectivity index (χ4n) is 3.52. The Balaban J connectivity index is 1.31. The predicted molar refractivity (Wildman–Crippen MR) is 113 cm³/mol. The Hall–Kier alpha value is -3.82. The number of hydrogen-bond acceptors (Lipinski definition) is 3. The highest BCUT2D eigenvalue weighted by molar-refractivity contribution is 6.00. The van der Waals surface area contributed by atoms with Crippen LogP contribution in [0.1, 0.15) is 24.4 Å². The fourth-order valence-corrected chi connectivity index (χ4v) is 3.52. The van der Waals surface area contributed by atoms with Gasteiger partial charge < -0.3 is 20.5 Å². The average molecular weight is 443 g/mol. The van der Waals surface area contributed by atoms with Crippen molar-refractivity contribution in [3.8, 4) is 0 Å². The standard InChI is InChI=1S/C22H20F3N5O2/c23-22(24,25)15-3-1-4-16(11-15)28-21(32)29-18-6-2-5-17(12-18)27-20(31)14-9-19(10-14)30-8-7-26-13-30/h1-8,11-14,19H,9-10H2,(H,27,31)(H2,28,29,32). The van der Waals surface area contributed by atoms with Crippen LogP contribution in [-0.2, 0) is 11.0 Å². The van der Waals surface area contributed by atoms with E-state index in [9.17, 15) is 22.8 Å². The van der Waals surface area contributed by atoms with E-state index in [0.29, 0.717) is 11.4 Å². The van der Waals surface area contributed by atoms with E-state index < -0.39 is 17.8 Å². The van der Waals surface area contributed by atoms with Crippen LogP contribution >= 0.6 is 0 Å². The van der Waals surface area contributed by atoms with Crippen LogP contribution < -0.4 is 16.0 Å². The predicted octanol–water partition coefficient (Wildman–Crippen LogP) is 5.14. The first-order valence-electron chi connectivity index (χ1n) is 9.91. The zero-order chi connectivity index (χ0) is 22.7. The lowest BCUT2D eigenvalue weighted by atomic mass is 9.79. The van der Waals surface area contributed by atoms with Crippen LogP contribution in [0, 0.1) is 5.92 Å².